The van der Waals surface area contributed by atoms with Gasteiger partial charge in [-0.1, -0.05) is 20.8 Å². The van der Waals surface area contributed by atoms with Crippen molar-refractivity contribution in [2.24, 2.45) is 29.6 Å². The second kappa shape index (κ2) is 32.3. The number of nitrogens with zero attached hydrogens (tertiary/aromatic N) is 20. The summed E-state index contributed by atoms with van der Waals surface area (Å²) in [5.74, 6) is -0.841. The Hall–Kier alpha value is -13.4. The van der Waals surface area contributed by atoms with E-state index >= 15 is 0 Å². The highest BCUT2D eigenvalue weighted by Gasteiger charge is 2.68. The number of piperidine rings is 4. The van der Waals surface area contributed by atoms with Crippen molar-refractivity contribution in [3.8, 4) is 0 Å². The zero-order valence-electron chi connectivity index (χ0n) is 75.1. The molecule has 0 radical (unpaired) electrons. The predicted molar refractivity (Wildman–Crippen MR) is 480 cm³/mol. The molecule has 4 aromatic carbocycles. The van der Waals surface area contributed by atoms with Gasteiger partial charge in [-0.15, -0.1) is 34.0 Å². The van der Waals surface area contributed by atoms with Crippen LogP contribution in [0.2, 0.25) is 0 Å². The number of hydrogen-bond donors (Lipinski definition) is 4. The van der Waals surface area contributed by atoms with Gasteiger partial charge in [-0.3, -0.25) is 14.4 Å². The van der Waals surface area contributed by atoms with Crippen LogP contribution < -0.4 is 40.9 Å². The van der Waals surface area contributed by atoms with Crippen LogP contribution in [0.1, 0.15) is 175 Å². The number of likely N-dealkylation sites (tertiary alicyclic amines) is 1. The smallest absolute Gasteiger partial charge is 0.321 e. The standard InChI is InChI=1S/C24H20F2N6OS.C24H22F2N6OS.C23H24F2N6O.C22H18F2N6OS/c25-15-3-4-17(26)16(9-15)24-10-14(24)5-7-31(24)20-6-8-32-21(30-20)18(11-28-32)29-22(33)19-12-27-23(34-19)13-1-2-13;1-13(2)19-12-27-23(34-19)22(33)29-18-11-28-32-8-6-20(30-21(18)32)31-7-5-14-10-24(14,31)16-9-15(25)3-4-17(16)26;1-14-4-7-29(13-14)22(32)27-19-12-26-31-9-6-20(28-21(19)31)30-8-5-15-11-23(15,30)17-10-16(24)2-3-18(17)25;1-12-25-11-18(32-12)21(31)27-17-10-26-30-7-5-19(28-20(17)30)29-6-4-13-9-22(13,29)15-8-14(23)2-3-16(15)24/h3-4,6,8-9,11-14H,1-2,5,7,10H2,(H,29,33);3-4,6,8-9,11-14H,5,7,10H2,1-2H3,(H,29,33);2-3,6,9-10,12,14-15H,4-5,7-8,11,13H2,1H3,(H,27,32);2-3,5,7-8,10-11,13H,4,6,9H2,1H3,(H,27,31)/t2*14-,24+;14-,15-,23+;13-,22+/m0000/s1/i;;7D2,13D2;. The molecule has 5 aliphatic heterocycles. The molecule has 39 heteroatoms. The number of hydrogen-bond acceptors (Lipinski definition) is 22. The number of rotatable bonds is 17. The van der Waals surface area contributed by atoms with Gasteiger partial charge in [-0.2, -0.15) is 20.4 Å². The summed E-state index contributed by atoms with van der Waals surface area (Å²) in [4.78, 5) is 93.8. The molecule has 5 saturated carbocycles. The summed E-state index contributed by atoms with van der Waals surface area (Å²) < 4.78 is 154. The molecule has 132 heavy (non-hydrogen) atoms. The first-order valence-electron chi connectivity index (χ1n) is 45.5. The maximum absolute atomic E-state index is 14.8. The van der Waals surface area contributed by atoms with E-state index in [4.69, 9.17) is 20.4 Å². The maximum Gasteiger partial charge on any atom is 0.321 e. The zero-order chi connectivity index (χ0) is 94.3. The molecule has 11 aromatic heterocycles. The minimum atomic E-state index is -2.17. The third-order valence-corrected chi connectivity index (χ3v) is 30.4. The minimum absolute atomic E-state index is 0.126. The molecular formula is C93H84F8N24O4S3. The fourth-order valence-corrected chi connectivity index (χ4v) is 22.7. The third-order valence-electron chi connectivity index (χ3n) is 27.0. The van der Waals surface area contributed by atoms with E-state index in [-0.39, 0.29) is 59.1 Å². The lowest BCUT2D eigenvalue weighted by Crippen LogP contribution is -2.34. The Morgan fingerprint density at radius 1 is 0.424 bits per heavy atom. The van der Waals surface area contributed by atoms with Crippen LogP contribution >= 0.6 is 34.0 Å². The first-order chi connectivity index (χ1) is 65.3. The van der Waals surface area contributed by atoms with Crippen molar-refractivity contribution in [1.29, 1.82) is 0 Å². The van der Waals surface area contributed by atoms with E-state index in [1.807, 2.05) is 30.0 Å². The van der Waals surface area contributed by atoms with E-state index in [0.717, 1.165) is 103 Å². The average Bonchev–Trinajstić information content (AvgIpc) is 1.54. The fourth-order valence-electron chi connectivity index (χ4n) is 20.2. The topological polar surface area (TPSA) is 292 Å². The summed E-state index contributed by atoms with van der Waals surface area (Å²) in [6.45, 7) is 5.86. The van der Waals surface area contributed by atoms with Crippen molar-refractivity contribution in [2.45, 2.75) is 132 Å². The number of amides is 5. The molecule has 28 nitrogen and oxygen atoms in total. The van der Waals surface area contributed by atoms with E-state index < -0.39 is 93.6 Å². The van der Waals surface area contributed by atoms with Gasteiger partial charge in [0.15, 0.2) is 27.6 Å². The number of halogens is 8. The van der Waals surface area contributed by atoms with Gasteiger partial charge in [0.2, 0.25) is 0 Å². The molecule has 674 valence electrons. The van der Waals surface area contributed by atoms with Gasteiger partial charge in [-0.05, 0) is 210 Å². The first-order valence-corrected chi connectivity index (χ1v) is 45.9. The Morgan fingerprint density at radius 3 is 1.11 bits per heavy atom. The SMILES string of the molecule is CC(C)c1cnc(C(=O)Nc2cnn3ccc(N4CC[C@H]5C[C@]54c4cc(F)ccc4F)nc23)s1.Cc1ncc(C(=O)Nc2cnn3ccc(N4CC[C@H]5C[C@]54c4cc(F)ccc4F)nc23)s1.O=C(Nc1cnn2ccc(N3CC[C@H]4C[C@]43c3cc(F)ccc3F)nc12)c1cnc(C2CC2)s1.[2H]C1([2H])C[C@H](C)C([2H])([2H])N1C(=O)Nc1cnn2ccc(N3CC[C@H]4C[C@]43c3cc(F)ccc3F)nc12. The highest BCUT2D eigenvalue weighted by Crippen LogP contribution is 2.67. The Kier molecular flexibility index (Phi) is 19.4. The maximum atomic E-state index is 14.8. The lowest BCUT2D eigenvalue weighted by molar-refractivity contribution is 0.101. The van der Waals surface area contributed by atoms with Crippen LogP contribution in [0, 0.1) is 83.1 Å². The molecule has 25 rings (SSSR count). The van der Waals surface area contributed by atoms with Crippen molar-refractivity contribution in [2.75, 3.05) is 80.0 Å². The monoisotopic (exact) mass is 1850 g/mol. The van der Waals surface area contributed by atoms with Gasteiger partial charge in [-0.25, -0.2) is 92.9 Å². The van der Waals surface area contributed by atoms with E-state index in [1.165, 1.54) is 93.4 Å². The number of carbonyl (C=O) groups is 4. The number of aromatic nitrogens is 15. The van der Waals surface area contributed by atoms with Crippen molar-refractivity contribution < 1.29 is 59.8 Å². The molecule has 10 fully saturated rings. The molecule has 5 saturated heterocycles. The zero-order valence-corrected chi connectivity index (χ0v) is 73.5. The van der Waals surface area contributed by atoms with Crippen LogP contribution in [-0.2, 0) is 22.2 Å². The van der Waals surface area contributed by atoms with Crippen LogP contribution in [0.3, 0.4) is 0 Å². The summed E-state index contributed by atoms with van der Waals surface area (Å²) in [5.41, 5.74) is 2.36. The normalized spacial score (nSPS) is 24.4. The van der Waals surface area contributed by atoms with E-state index in [1.54, 1.807) is 82.3 Å². The van der Waals surface area contributed by atoms with Gasteiger partial charge < -0.3 is 45.8 Å². The molecule has 10 aliphatic rings. The lowest BCUT2D eigenvalue weighted by atomic mass is 10.0. The second-order valence-electron chi connectivity index (χ2n) is 35.3. The number of anilines is 8. The number of nitrogens with one attached hydrogen (secondary N) is 4. The largest absolute Gasteiger partial charge is 0.346 e. The molecule has 0 unspecified atom stereocenters. The fraction of sp³-hybridized carbons (Fsp3) is 0.344. The van der Waals surface area contributed by atoms with E-state index in [9.17, 15) is 54.3 Å². The van der Waals surface area contributed by atoms with Gasteiger partial charge in [0.1, 0.15) is 102 Å². The lowest BCUT2D eigenvalue weighted by Gasteiger charge is -2.30. The van der Waals surface area contributed by atoms with Gasteiger partial charge in [0, 0.05) is 109 Å². The van der Waals surface area contributed by atoms with E-state index in [0.29, 0.717) is 144 Å². The molecule has 5 amide bonds. The van der Waals surface area contributed by atoms with Crippen molar-refractivity contribution in [3.05, 3.63) is 264 Å². The van der Waals surface area contributed by atoms with Crippen LogP contribution in [0.5, 0.6) is 0 Å². The second-order valence-corrected chi connectivity index (χ2v) is 38.7. The van der Waals surface area contributed by atoms with Crippen molar-refractivity contribution in [3.63, 3.8) is 0 Å². The molecule has 0 bridgehead atoms. The van der Waals surface area contributed by atoms with Crippen LogP contribution in [-0.4, -0.2) is 141 Å². The Morgan fingerprint density at radius 2 is 0.780 bits per heavy atom. The summed E-state index contributed by atoms with van der Waals surface area (Å²) in [6, 6.07) is 20.7. The van der Waals surface area contributed by atoms with Crippen LogP contribution in [0.25, 0.3) is 22.6 Å². The van der Waals surface area contributed by atoms with Crippen molar-refractivity contribution >= 4 is 126 Å². The molecule has 15 aromatic rings. The van der Waals surface area contributed by atoms with Crippen LogP contribution in [0.15, 0.2) is 165 Å². The number of fused-ring (bicyclic) bond motifs is 8. The molecule has 0 spiro atoms. The summed E-state index contributed by atoms with van der Waals surface area (Å²) >= 11 is 4.09. The first kappa shape index (κ1) is 79.5. The van der Waals surface area contributed by atoms with Crippen molar-refractivity contribution in [1.82, 2.24) is 78.2 Å². The summed E-state index contributed by atoms with van der Waals surface area (Å²) in [5, 5.41) is 30.4. The minimum Gasteiger partial charge on any atom is -0.346 e. The van der Waals surface area contributed by atoms with Crippen LogP contribution in [0.4, 0.5) is 85.9 Å². The third kappa shape index (κ3) is 14.7. The molecule has 16 heterocycles. The summed E-state index contributed by atoms with van der Waals surface area (Å²) in [7, 11) is 0. The molecule has 5 aliphatic carbocycles. The van der Waals surface area contributed by atoms with E-state index in [2.05, 4.69) is 90.1 Å². The quantitative estimate of drug-likeness (QED) is 0.0616. The van der Waals surface area contributed by atoms with Gasteiger partial charge >= 0.3 is 6.03 Å². The number of aryl methyl sites for hydroxylation is 1. The van der Waals surface area contributed by atoms with Gasteiger partial charge in [0.25, 0.3) is 17.7 Å². The number of benzene rings is 4. The summed E-state index contributed by atoms with van der Waals surface area (Å²) in [6.07, 6.45) is 26.4. The highest BCUT2D eigenvalue weighted by atomic mass is 32.1. The number of thiazole rings is 3. The number of carbonyl (C=O) groups excluding carboxylic acids is 4. The molecular weight excluding hydrogens is 1770 g/mol. The predicted octanol–water partition coefficient (Wildman–Crippen LogP) is 17.8. The Labute approximate surface area is 765 Å². The molecule has 4 N–H and O–H groups in total. The molecule has 9 atom stereocenters. The van der Waals surface area contributed by atoms with Gasteiger partial charge in [0.05, 0.1) is 69.4 Å². The Balaban J connectivity index is 0.000000105. The average molecular weight is 1850 g/mol. The number of urea groups is 1. The highest BCUT2D eigenvalue weighted by molar-refractivity contribution is 7.14. The Bertz CT molecular complexity index is 7190.